The van der Waals surface area contributed by atoms with Crippen LogP contribution in [0.25, 0.3) is 11.0 Å². The Bertz CT molecular complexity index is 1890. The van der Waals surface area contributed by atoms with Crippen molar-refractivity contribution in [1.82, 2.24) is 9.97 Å². The summed E-state index contributed by atoms with van der Waals surface area (Å²) in [4.78, 5) is 34.5. The molecule has 2 amide bonds. The SMILES string of the molecule is COc1ccc(NC(=O)c2oc3ccccc3c2NC(=O)c2nc(S(=O)(=O)Cc3ccccc3C)ncc2Cl)cc1. The number of methoxy groups -OCH3 is 1. The van der Waals surface area contributed by atoms with E-state index in [1.807, 2.05) is 0 Å². The van der Waals surface area contributed by atoms with E-state index >= 15 is 0 Å². The predicted octanol–water partition coefficient (Wildman–Crippen LogP) is 5.67. The number of halogens is 1. The minimum Gasteiger partial charge on any atom is -0.497 e. The molecule has 0 unspecified atom stereocenters. The van der Waals surface area contributed by atoms with E-state index in [1.54, 1.807) is 79.7 Å². The first-order valence-electron chi connectivity index (χ1n) is 12.2. The van der Waals surface area contributed by atoms with Gasteiger partial charge in [-0.25, -0.2) is 18.4 Å². The number of furan rings is 1. The number of nitrogens with zero attached hydrogens (tertiary/aromatic N) is 2. The molecule has 0 saturated heterocycles. The molecule has 41 heavy (non-hydrogen) atoms. The normalized spacial score (nSPS) is 11.3. The van der Waals surface area contributed by atoms with Crippen molar-refractivity contribution in [2.24, 2.45) is 0 Å². The number of aryl methyl sites for hydroxylation is 1. The topological polar surface area (TPSA) is 140 Å². The molecule has 0 fully saturated rings. The van der Waals surface area contributed by atoms with Gasteiger partial charge in [-0.2, -0.15) is 0 Å². The van der Waals surface area contributed by atoms with Crippen LogP contribution in [0.15, 0.2) is 88.6 Å². The summed E-state index contributed by atoms with van der Waals surface area (Å²) in [5.74, 6) is -1.40. The number of carbonyl (C=O) groups is 2. The number of hydrogen-bond acceptors (Lipinski definition) is 8. The van der Waals surface area contributed by atoms with Gasteiger partial charge in [-0.15, -0.1) is 0 Å². The highest BCUT2D eigenvalue weighted by molar-refractivity contribution is 7.90. The number of sulfone groups is 1. The lowest BCUT2D eigenvalue weighted by Crippen LogP contribution is -2.20. The van der Waals surface area contributed by atoms with E-state index in [-0.39, 0.29) is 27.9 Å². The highest BCUT2D eigenvalue weighted by Gasteiger charge is 2.27. The molecule has 0 spiro atoms. The Kier molecular flexibility index (Phi) is 7.73. The molecule has 0 radical (unpaired) electrons. The fraction of sp³-hybridized carbons (Fsp3) is 0.103. The first-order chi connectivity index (χ1) is 19.7. The van der Waals surface area contributed by atoms with Gasteiger partial charge in [0.05, 0.1) is 24.1 Å². The Morgan fingerprint density at radius 1 is 0.951 bits per heavy atom. The second-order valence-corrected chi connectivity index (χ2v) is 11.3. The minimum atomic E-state index is -4.02. The average Bonchev–Trinajstić information content (AvgIpc) is 3.33. The molecule has 0 bridgehead atoms. The summed E-state index contributed by atoms with van der Waals surface area (Å²) in [6, 6.07) is 20.4. The van der Waals surface area contributed by atoms with Gasteiger partial charge in [0.25, 0.3) is 11.8 Å². The number of ether oxygens (including phenoxy) is 1. The first-order valence-corrected chi connectivity index (χ1v) is 14.3. The summed E-state index contributed by atoms with van der Waals surface area (Å²) in [6.45, 7) is 1.80. The van der Waals surface area contributed by atoms with Gasteiger partial charge in [-0.1, -0.05) is 48.0 Å². The summed E-state index contributed by atoms with van der Waals surface area (Å²) in [5, 5.41) is 5.07. The van der Waals surface area contributed by atoms with Crippen LogP contribution >= 0.6 is 11.6 Å². The van der Waals surface area contributed by atoms with Crippen LogP contribution < -0.4 is 15.4 Å². The van der Waals surface area contributed by atoms with Crippen molar-refractivity contribution >= 4 is 55.6 Å². The smallest absolute Gasteiger partial charge is 0.293 e. The largest absolute Gasteiger partial charge is 0.497 e. The number of fused-ring (bicyclic) bond motifs is 1. The Labute approximate surface area is 240 Å². The molecule has 3 aromatic carbocycles. The molecule has 12 heteroatoms. The summed E-state index contributed by atoms with van der Waals surface area (Å²) in [7, 11) is -2.49. The third kappa shape index (κ3) is 5.91. The molecule has 5 aromatic rings. The van der Waals surface area contributed by atoms with Gasteiger partial charge in [-0.3, -0.25) is 9.59 Å². The Hall–Kier alpha value is -4.74. The number of para-hydroxylation sites is 1. The van der Waals surface area contributed by atoms with Crippen LogP contribution in [0.3, 0.4) is 0 Å². The van der Waals surface area contributed by atoms with Crippen LogP contribution in [-0.4, -0.2) is 37.3 Å². The van der Waals surface area contributed by atoms with Crippen molar-refractivity contribution in [3.05, 3.63) is 107 Å². The maximum atomic E-state index is 13.4. The van der Waals surface area contributed by atoms with E-state index in [9.17, 15) is 18.0 Å². The molecule has 0 saturated carbocycles. The number of amides is 2. The Morgan fingerprint density at radius 2 is 1.66 bits per heavy atom. The maximum absolute atomic E-state index is 13.4. The summed E-state index contributed by atoms with van der Waals surface area (Å²) in [6.07, 6.45) is 1.05. The monoisotopic (exact) mass is 590 g/mol. The molecule has 208 valence electrons. The van der Waals surface area contributed by atoms with Crippen LogP contribution in [0.4, 0.5) is 11.4 Å². The molecule has 0 aliphatic rings. The van der Waals surface area contributed by atoms with Crippen molar-refractivity contribution in [2.75, 3.05) is 17.7 Å². The van der Waals surface area contributed by atoms with E-state index in [0.717, 1.165) is 11.8 Å². The van der Waals surface area contributed by atoms with Gasteiger partial charge in [0.1, 0.15) is 17.0 Å². The second kappa shape index (κ2) is 11.4. The van der Waals surface area contributed by atoms with E-state index in [0.29, 0.717) is 28.0 Å². The van der Waals surface area contributed by atoms with E-state index in [4.69, 9.17) is 20.8 Å². The molecule has 5 rings (SSSR count). The lowest BCUT2D eigenvalue weighted by atomic mass is 10.1. The molecule has 10 nitrogen and oxygen atoms in total. The van der Waals surface area contributed by atoms with Crippen molar-refractivity contribution in [3.63, 3.8) is 0 Å². The molecule has 0 aliphatic heterocycles. The summed E-state index contributed by atoms with van der Waals surface area (Å²) < 4.78 is 37.2. The predicted molar refractivity (Wildman–Crippen MR) is 154 cm³/mol. The number of rotatable bonds is 8. The van der Waals surface area contributed by atoms with Crippen molar-refractivity contribution < 1.29 is 27.2 Å². The molecule has 0 aliphatic carbocycles. The highest BCUT2D eigenvalue weighted by Crippen LogP contribution is 2.32. The zero-order valence-electron chi connectivity index (χ0n) is 21.8. The lowest BCUT2D eigenvalue weighted by Gasteiger charge is -2.10. The summed E-state index contributed by atoms with van der Waals surface area (Å²) >= 11 is 6.23. The van der Waals surface area contributed by atoms with Crippen LogP contribution in [0.5, 0.6) is 5.75 Å². The van der Waals surface area contributed by atoms with Gasteiger partial charge >= 0.3 is 0 Å². The third-order valence-corrected chi connectivity index (χ3v) is 7.93. The van der Waals surface area contributed by atoms with Crippen molar-refractivity contribution in [3.8, 4) is 5.75 Å². The highest BCUT2D eigenvalue weighted by atomic mass is 35.5. The van der Waals surface area contributed by atoms with E-state index in [2.05, 4.69) is 20.6 Å². The van der Waals surface area contributed by atoms with Gasteiger partial charge in [0, 0.05) is 11.1 Å². The Balaban J connectivity index is 1.46. The number of anilines is 2. The van der Waals surface area contributed by atoms with Gasteiger partial charge in [-0.05, 0) is 54.4 Å². The van der Waals surface area contributed by atoms with Crippen LogP contribution in [-0.2, 0) is 15.6 Å². The third-order valence-electron chi connectivity index (χ3n) is 6.21. The first kappa shape index (κ1) is 27.8. The fourth-order valence-electron chi connectivity index (χ4n) is 4.07. The van der Waals surface area contributed by atoms with Crippen molar-refractivity contribution in [1.29, 1.82) is 0 Å². The standard InChI is InChI=1S/C29H23ClN4O6S/c1-17-7-3-4-8-18(17)16-41(37,38)29-31-15-22(30)25(34-29)27(35)33-24-21-9-5-6-10-23(21)40-26(24)28(36)32-19-11-13-20(39-2)14-12-19/h3-15H,16H2,1-2H3,(H,32,36)(H,33,35). The number of nitrogens with one attached hydrogen (secondary N) is 2. The van der Waals surface area contributed by atoms with E-state index in [1.165, 1.54) is 7.11 Å². The van der Waals surface area contributed by atoms with Gasteiger partial charge < -0.3 is 19.8 Å². The molecule has 2 N–H and O–H groups in total. The van der Waals surface area contributed by atoms with Gasteiger partial charge in [0.15, 0.2) is 5.69 Å². The maximum Gasteiger partial charge on any atom is 0.293 e. The quantitative estimate of drug-likeness (QED) is 0.220. The number of hydrogen-bond donors (Lipinski definition) is 2. The average molecular weight is 591 g/mol. The molecular weight excluding hydrogens is 568 g/mol. The fourth-order valence-corrected chi connectivity index (χ4v) is 5.55. The number of carbonyl (C=O) groups excluding carboxylic acids is 2. The lowest BCUT2D eigenvalue weighted by molar-refractivity contribution is 0.0999. The molecule has 0 atom stereocenters. The van der Waals surface area contributed by atoms with Crippen molar-refractivity contribution in [2.45, 2.75) is 17.8 Å². The van der Waals surface area contributed by atoms with Crippen LogP contribution in [0.2, 0.25) is 5.02 Å². The summed E-state index contributed by atoms with van der Waals surface area (Å²) in [5.41, 5.74) is 1.87. The second-order valence-electron chi connectivity index (χ2n) is 8.97. The van der Waals surface area contributed by atoms with Gasteiger partial charge in [0.2, 0.25) is 20.8 Å². The van der Waals surface area contributed by atoms with Crippen LogP contribution in [0, 0.1) is 6.92 Å². The number of benzene rings is 3. The minimum absolute atomic E-state index is 0.0654. The molecule has 2 aromatic heterocycles. The molecular formula is C29H23ClN4O6S. The van der Waals surface area contributed by atoms with Crippen LogP contribution in [0.1, 0.15) is 32.2 Å². The molecule has 2 heterocycles. The van der Waals surface area contributed by atoms with E-state index < -0.39 is 26.8 Å². The number of aromatic nitrogens is 2. The Morgan fingerprint density at radius 3 is 2.39 bits per heavy atom. The zero-order valence-corrected chi connectivity index (χ0v) is 23.4. The zero-order chi connectivity index (χ0) is 29.1.